The van der Waals surface area contributed by atoms with Crippen molar-refractivity contribution in [2.24, 2.45) is 11.1 Å². The highest BCUT2D eigenvalue weighted by Gasteiger charge is 2.44. The van der Waals surface area contributed by atoms with Crippen molar-refractivity contribution in [3.8, 4) is 0 Å². The maximum atomic E-state index is 12.9. The molecule has 2 unspecified atom stereocenters. The Morgan fingerprint density at radius 2 is 2.14 bits per heavy atom. The van der Waals surface area contributed by atoms with E-state index in [1.165, 1.54) is 19.1 Å². The van der Waals surface area contributed by atoms with E-state index < -0.39 is 29.1 Å². The van der Waals surface area contributed by atoms with Gasteiger partial charge in [0.15, 0.2) is 0 Å². The van der Waals surface area contributed by atoms with Crippen LogP contribution in [-0.2, 0) is 15.7 Å². The van der Waals surface area contributed by atoms with E-state index in [2.05, 4.69) is 5.32 Å². The molecule has 1 aliphatic rings. The Labute approximate surface area is 120 Å². The van der Waals surface area contributed by atoms with Crippen LogP contribution in [0.5, 0.6) is 0 Å². The van der Waals surface area contributed by atoms with E-state index in [1.54, 1.807) is 6.92 Å². The molecule has 21 heavy (non-hydrogen) atoms. The van der Waals surface area contributed by atoms with E-state index >= 15 is 0 Å². The lowest BCUT2D eigenvalue weighted by atomic mass is 9.84. The molecule has 1 amide bonds. The molecule has 4 nitrogen and oxygen atoms in total. The van der Waals surface area contributed by atoms with Gasteiger partial charge in [-0.2, -0.15) is 13.2 Å². The number of carbonyl (C=O) groups excluding carboxylic acids is 1. The van der Waals surface area contributed by atoms with Gasteiger partial charge in [-0.1, -0.05) is 6.07 Å². The first-order valence-corrected chi connectivity index (χ1v) is 6.47. The van der Waals surface area contributed by atoms with Crippen LogP contribution in [0.4, 0.5) is 18.9 Å². The number of nitrogens with two attached hydrogens (primary N) is 1. The minimum Gasteiger partial charge on any atom is -0.379 e. The first kappa shape index (κ1) is 15.8. The number of anilines is 1. The molecule has 0 aliphatic carbocycles. The normalized spacial score (nSPS) is 25.9. The molecule has 1 aliphatic heterocycles. The van der Waals surface area contributed by atoms with E-state index in [4.69, 9.17) is 10.5 Å². The van der Waals surface area contributed by atoms with Crippen molar-refractivity contribution in [3.63, 3.8) is 0 Å². The number of benzene rings is 1. The van der Waals surface area contributed by atoms with Crippen molar-refractivity contribution in [2.45, 2.75) is 26.1 Å². The minimum atomic E-state index is -4.46. The predicted molar refractivity (Wildman–Crippen MR) is 71.7 cm³/mol. The summed E-state index contributed by atoms with van der Waals surface area (Å²) >= 11 is 0. The standard InChI is InChI=1S/C14H17F3N2O2/c1-8-3-4-9(5-10(8)14(15,16)17)19-12(20)13(2)7-21-6-11(13)18/h3-5,11H,6-7,18H2,1-2H3,(H,19,20). The third-order valence-electron chi connectivity index (χ3n) is 3.84. The van der Waals surface area contributed by atoms with Crippen LogP contribution in [0, 0.1) is 12.3 Å². The molecule has 1 aromatic carbocycles. The lowest BCUT2D eigenvalue weighted by Gasteiger charge is -2.25. The Balaban J connectivity index is 2.23. The van der Waals surface area contributed by atoms with Crippen LogP contribution in [0.25, 0.3) is 0 Å². The first-order valence-electron chi connectivity index (χ1n) is 6.47. The smallest absolute Gasteiger partial charge is 0.379 e. The van der Waals surface area contributed by atoms with Gasteiger partial charge in [0.25, 0.3) is 0 Å². The molecule has 2 atom stereocenters. The molecule has 7 heteroatoms. The Kier molecular flexibility index (Phi) is 3.99. The SMILES string of the molecule is Cc1ccc(NC(=O)C2(C)COCC2N)cc1C(F)(F)F. The van der Waals surface area contributed by atoms with Crippen molar-refractivity contribution >= 4 is 11.6 Å². The van der Waals surface area contributed by atoms with Gasteiger partial charge in [0, 0.05) is 11.7 Å². The number of halogens is 3. The van der Waals surface area contributed by atoms with Gasteiger partial charge in [0.05, 0.1) is 24.2 Å². The van der Waals surface area contributed by atoms with Gasteiger partial charge in [0.1, 0.15) is 0 Å². The van der Waals surface area contributed by atoms with Crippen molar-refractivity contribution < 1.29 is 22.7 Å². The number of carbonyl (C=O) groups is 1. The van der Waals surface area contributed by atoms with Crippen molar-refractivity contribution in [1.29, 1.82) is 0 Å². The summed E-state index contributed by atoms with van der Waals surface area (Å²) in [5.41, 5.74) is 4.32. The Bertz CT molecular complexity index is 560. The predicted octanol–water partition coefficient (Wildman–Crippen LogP) is 2.32. The Morgan fingerprint density at radius 3 is 2.67 bits per heavy atom. The number of rotatable bonds is 2. The maximum absolute atomic E-state index is 12.9. The van der Waals surface area contributed by atoms with Crippen molar-refractivity contribution in [1.82, 2.24) is 0 Å². The van der Waals surface area contributed by atoms with Crippen LogP contribution in [0.3, 0.4) is 0 Å². The minimum absolute atomic E-state index is 0.0956. The number of amides is 1. The van der Waals surface area contributed by atoms with Crippen LogP contribution in [0.1, 0.15) is 18.1 Å². The van der Waals surface area contributed by atoms with Crippen LogP contribution >= 0.6 is 0 Å². The molecular formula is C14H17F3N2O2. The van der Waals surface area contributed by atoms with Crippen LogP contribution in [-0.4, -0.2) is 25.2 Å². The largest absolute Gasteiger partial charge is 0.416 e. The fourth-order valence-electron chi connectivity index (χ4n) is 2.20. The van der Waals surface area contributed by atoms with Gasteiger partial charge in [0.2, 0.25) is 5.91 Å². The zero-order valence-corrected chi connectivity index (χ0v) is 11.8. The molecule has 0 aromatic heterocycles. The average molecular weight is 302 g/mol. The van der Waals surface area contributed by atoms with Gasteiger partial charge in [-0.15, -0.1) is 0 Å². The second-order valence-electron chi connectivity index (χ2n) is 5.52. The summed E-state index contributed by atoms with van der Waals surface area (Å²) in [6.45, 7) is 3.42. The van der Waals surface area contributed by atoms with Gasteiger partial charge >= 0.3 is 6.18 Å². The zero-order valence-electron chi connectivity index (χ0n) is 11.8. The third kappa shape index (κ3) is 3.03. The second kappa shape index (κ2) is 5.31. The summed E-state index contributed by atoms with van der Waals surface area (Å²) in [6, 6.07) is 3.21. The van der Waals surface area contributed by atoms with E-state index in [9.17, 15) is 18.0 Å². The summed E-state index contributed by atoms with van der Waals surface area (Å²) in [4.78, 5) is 12.2. The number of alkyl halides is 3. The van der Waals surface area contributed by atoms with E-state index in [0.29, 0.717) is 0 Å². The third-order valence-corrected chi connectivity index (χ3v) is 3.84. The maximum Gasteiger partial charge on any atom is 0.416 e. The number of ether oxygens (including phenoxy) is 1. The van der Waals surface area contributed by atoms with E-state index in [-0.39, 0.29) is 24.5 Å². The van der Waals surface area contributed by atoms with E-state index in [0.717, 1.165) is 6.07 Å². The molecule has 116 valence electrons. The summed E-state index contributed by atoms with van der Waals surface area (Å²) < 4.78 is 43.7. The molecular weight excluding hydrogens is 285 g/mol. The lowest BCUT2D eigenvalue weighted by molar-refractivity contribution is -0.138. The number of nitrogens with one attached hydrogen (secondary N) is 1. The Morgan fingerprint density at radius 1 is 1.48 bits per heavy atom. The molecule has 0 bridgehead atoms. The van der Waals surface area contributed by atoms with Gasteiger partial charge in [-0.25, -0.2) is 0 Å². The molecule has 3 N–H and O–H groups in total. The summed E-state index contributed by atoms with van der Waals surface area (Å²) in [5, 5.41) is 2.50. The number of hydrogen-bond acceptors (Lipinski definition) is 3. The zero-order chi connectivity index (χ0) is 15.8. The van der Waals surface area contributed by atoms with Gasteiger partial charge in [-0.05, 0) is 31.5 Å². The van der Waals surface area contributed by atoms with E-state index in [1.807, 2.05) is 0 Å². The quantitative estimate of drug-likeness (QED) is 0.881. The van der Waals surface area contributed by atoms with Crippen molar-refractivity contribution in [2.75, 3.05) is 18.5 Å². The van der Waals surface area contributed by atoms with Crippen LogP contribution in [0.15, 0.2) is 18.2 Å². The fraction of sp³-hybridized carbons (Fsp3) is 0.500. The highest BCUT2D eigenvalue weighted by molar-refractivity contribution is 5.96. The summed E-state index contributed by atoms with van der Waals surface area (Å²) in [6.07, 6.45) is -4.46. The molecule has 0 spiro atoms. The monoisotopic (exact) mass is 302 g/mol. The fourth-order valence-corrected chi connectivity index (χ4v) is 2.20. The van der Waals surface area contributed by atoms with Crippen LogP contribution in [0.2, 0.25) is 0 Å². The molecule has 2 rings (SSSR count). The molecule has 0 radical (unpaired) electrons. The lowest BCUT2D eigenvalue weighted by Crippen LogP contribution is -2.47. The molecule has 1 aromatic rings. The van der Waals surface area contributed by atoms with Gasteiger partial charge in [-0.3, -0.25) is 4.79 Å². The van der Waals surface area contributed by atoms with Gasteiger partial charge < -0.3 is 15.8 Å². The highest BCUT2D eigenvalue weighted by Crippen LogP contribution is 2.34. The average Bonchev–Trinajstić information content (AvgIpc) is 2.72. The van der Waals surface area contributed by atoms with Crippen molar-refractivity contribution in [3.05, 3.63) is 29.3 Å². The Hall–Kier alpha value is -1.60. The molecule has 1 fully saturated rings. The summed E-state index contributed by atoms with van der Waals surface area (Å²) in [7, 11) is 0. The number of aryl methyl sites for hydroxylation is 1. The second-order valence-corrected chi connectivity index (χ2v) is 5.52. The molecule has 1 heterocycles. The summed E-state index contributed by atoms with van der Waals surface area (Å²) in [5.74, 6) is -0.440. The van der Waals surface area contributed by atoms with Crippen LogP contribution < -0.4 is 11.1 Å². The molecule has 0 saturated carbocycles. The molecule has 1 saturated heterocycles. The highest BCUT2D eigenvalue weighted by atomic mass is 19.4. The first-order chi connectivity index (χ1) is 9.64. The topological polar surface area (TPSA) is 64.3 Å². The number of hydrogen-bond donors (Lipinski definition) is 2.